The molecule has 16 nitrogen and oxygen atoms in total. The fourth-order valence-corrected chi connectivity index (χ4v) is 6.19. The Morgan fingerprint density at radius 2 is 1.66 bits per heavy atom. The summed E-state index contributed by atoms with van der Waals surface area (Å²) in [5.41, 5.74) is 2.50. The van der Waals surface area contributed by atoms with Gasteiger partial charge in [0.15, 0.2) is 17.2 Å². The Morgan fingerprint density at radius 3 is 2.28 bits per heavy atom. The van der Waals surface area contributed by atoms with Gasteiger partial charge in [-0.05, 0) is 37.3 Å². The third-order valence-electron chi connectivity index (χ3n) is 8.30. The Balaban J connectivity index is 1.61. The lowest BCUT2D eigenvalue weighted by Crippen LogP contribution is -2.48. The molecule has 0 aliphatic carbocycles. The summed E-state index contributed by atoms with van der Waals surface area (Å²) in [6.07, 6.45) is -1.36. The molecule has 6 rings (SSSR count). The summed E-state index contributed by atoms with van der Waals surface area (Å²) in [4.78, 5) is 62.9. The summed E-state index contributed by atoms with van der Waals surface area (Å²) in [5.74, 6) is -8.67. The van der Waals surface area contributed by atoms with E-state index in [2.05, 4.69) is 15.1 Å². The van der Waals surface area contributed by atoms with Gasteiger partial charge < -0.3 is 30.5 Å². The smallest absolute Gasteiger partial charge is 0.349 e. The van der Waals surface area contributed by atoms with Crippen molar-refractivity contribution in [2.24, 2.45) is 0 Å². The Kier molecular flexibility index (Phi) is 9.40. The van der Waals surface area contributed by atoms with Crippen LogP contribution in [0.1, 0.15) is 31.6 Å². The summed E-state index contributed by atoms with van der Waals surface area (Å²) >= 11 is 6.57. The monoisotopic (exact) mass is 749 g/mol. The molecule has 1 atom stereocenters. The van der Waals surface area contributed by atoms with Crippen LogP contribution in [0.15, 0.2) is 65.7 Å². The summed E-state index contributed by atoms with van der Waals surface area (Å²) < 4.78 is 43.3. The Labute approximate surface area is 300 Å². The molecule has 0 aliphatic rings. The first-order chi connectivity index (χ1) is 25.2. The number of hydrogen-bond acceptors (Lipinski definition) is 11. The zero-order valence-corrected chi connectivity index (χ0v) is 28.2. The quantitative estimate of drug-likeness (QED) is 0.135. The molecule has 0 spiro atoms. The van der Waals surface area contributed by atoms with Crippen LogP contribution in [0.4, 0.5) is 14.6 Å². The molecule has 6 aromatic rings. The van der Waals surface area contributed by atoms with Crippen molar-refractivity contribution >= 4 is 57.3 Å². The van der Waals surface area contributed by atoms with Crippen LogP contribution >= 0.6 is 11.6 Å². The Hall–Kier alpha value is -6.69. The number of carbonyl (C=O) groups is 3. The maximum Gasteiger partial charge on any atom is 0.349 e. The number of anilines is 1. The second-order valence-corrected chi connectivity index (χ2v) is 12.1. The van der Waals surface area contributed by atoms with Crippen LogP contribution in [-0.4, -0.2) is 75.2 Å². The minimum atomic E-state index is -2.77. The number of aliphatic carboxylic acids is 3. The maximum atomic E-state index is 15.5. The molecule has 3 heterocycles. The number of rotatable bonds is 12. The van der Waals surface area contributed by atoms with Gasteiger partial charge in [0.05, 0.1) is 47.0 Å². The van der Waals surface area contributed by atoms with E-state index in [-0.39, 0.29) is 55.6 Å². The summed E-state index contributed by atoms with van der Waals surface area (Å²) in [5, 5.41) is 33.0. The predicted octanol–water partition coefficient (Wildman–Crippen LogP) is 4.48. The summed E-state index contributed by atoms with van der Waals surface area (Å²) in [7, 11) is 1.18. The molecule has 0 amide bonds. The third-order valence-corrected chi connectivity index (χ3v) is 8.59. The number of carboxylic acids is 3. The molecule has 0 saturated carbocycles. The molecule has 0 aliphatic heterocycles. The molecule has 3 aromatic carbocycles. The van der Waals surface area contributed by atoms with Gasteiger partial charge in [0.25, 0.3) is 5.56 Å². The fraction of sp³-hybridized carbons (Fsp3) is 0.176. The lowest BCUT2D eigenvalue weighted by molar-refractivity contribution is -0.167. The van der Waals surface area contributed by atoms with Crippen molar-refractivity contribution in [1.82, 2.24) is 29.3 Å². The number of nitrogens with zero attached hydrogens (tertiary/aromatic N) is 6. The molecule has 19 heteroatoms. The average Bonchev–Trinajstić information content (AvgIpc) is 3.49. The number of methoxy groups -OCH3 is 1. The zero-order valence-electron chi connectivity index (χ0n) is 27.5. The van der Waals surface area contributed by atoms with Gasteiger partial charge in [-0.15, -0.1) is 0 Å². The predicted molar refractivity (Wildman–Crippen MR) is 183 cm³/mol. The number of aromatic nitrogens is 6. The number of benzene rings is 3. The topological polar surface area (TPSA) is 235 Å². The normalized spacial score (nSPS) is 12.2. The van der Waals surface area contributed by atoms with Crippen molar-refractivity contribution in [3.8, 4) is 28.4 Å². The number of para-hydroxylation sites is 1. The second-order valence-electron chi connectivity index (χ2n) is 11.7. The summed E-state index contributed by atoms with van der Waals surface area (Å²) in [6, 6.07) is 11.8. The van der Waals surface area contributed by atoms with E-state index in [1.54, 1.807) is 37.3 Å². The van der Waals surface area contributed by atoms with E-state index < -0.39 is 65.3 Å². The van der Waals surface area contributed by atoms with E-state index in [1.807, 2.05) is 0 Å². The van der Waals surface area contributed by atoms with Crippen molar-refractivity contribution in [3.05, 3.63) is 93.8 Å². The third kappa shape index (κ3) is 6.39. The maximum absolute atomic E-state index is 15.5. The van der Waals surface area contributed by atoms with Crippen molar-refractivity contribution in [1.29, 1.82) is 0 Å². The minimum Gasteiger partial charge on any atom is -0.494 e. The van der Waals surface area contributed by atoms with Crippen LogP contribution in [0.25, 0.3) is 38.9 Å². The highest BCUT2D eigenvalue weighted by Crippen LogP contribution is 2.38. The van der Waals surface area contributed by atoms with Crippen LogP contribution in [0.2, 0.25) is 5.02 Å². The molecular weight excluding hydrogens is 724 g/mol. The minimum absolute atomic E-state index is 0.0306. The molecule has 3 aromatic heterocycles. The van der Waals surface area contributed by atoms with Crippen molar-refractivity contribution < 1.29 is 48.0 Å². The van der Waals surface area contributed by atoms with Crippen LogP contribution in [0.5, 0.6) is 11.5 Å². The first kappa shape index (κ1) is 36.1. The van der Waals surface area contributed by atoms with E-state index in [0.717, 1.165) is 18.5 Å². The van der Waals surface area contributed by atoms with E-state index in [1.165, 1.54) is 28.5 Å². The Bertz CT molecular complexity index is 2510. The number of ether oxygens (including phenoxy) is 2. The van der Waals surface area contributed by atoms with Gasteiger partial charge in [-0.1, -0.05) is 29.8 Å². The number of halogens is 3. The average molecular weight is 750 g/mol. The lowest BCUT2D eigenvalue weighted by Gasteiger charge is -2.27. The first-order valence-corrected chi connectivity index (χ1v) is 15.7. The first-order valence-electron chi connectivity index (χ1n) is 15.4. The number of nitrogen functional groups attached to an aromatic ring is 1. The molecule has 272 valence electrons. The standard InChI is InChI=1S/C34H26ClF2N7O9/c1-15(44-31-25(29(38)39-14-40-31)28(42-44)18-8-9-21(52-2)27(37)26(18)36)30-41-20-11-17(53-34(33(50)51,12-22(45)46)13-23(47)48)10-19(35)24(20)32(49)43(30)16-6-4-3-5-7-16/h3-11,14-15H,12-13H2,1-2H3,(H,45,46)(H,47,48)(H,50,51)(H2,38,39,40)/t15-/m0/s1. The van der Waals surface area contributed by atoms with Gasteiger partial charge in [0.1, 0.15) is 35.5 Å². The number of hydrogen-bond donors (Lipinski definition) is 4. The highest BCUT2D eigenvalue weighted by Gasteiger charge is 2.46. The van der Waals surface area contributed by atoms with Gasteiger partial charge >= 0.3 is 17.9 Å². The zero-order chi connectivity index (χ0) is 38.4. The van der Waals surface area contributed by atoms with Crippen LogP contribution < -0.4 is 20.8 Å². The number of carboxylic acid groups (broad SMARTS) is 3. The van der Waals surface area contributed by atoms with Gasteiger partial charge in [0.2, 0.25) is 11.4 Å². The number of nitrogens with two attached hydrogens (primary N) is 1. The molecule has 5 N–H and O–H groups in total. The lowest BCUT2D eigenvalue weighted by atomic mass is 9.95. The van der Waals surface area contributed by atoms with Crippen LogP contribution in [0, 0.1) is 11.6 Å². The largest absolute Gasteiger partial charge is 0.494 e. The highest BCUT2D eigenvalue weighted by molar-refractivity contribution is 6.35. The summed E-state index contributed by atoms with van der Waals surface area (Å²) in [6.45, 7) is 1.57. The molecular formula is C34H26ClF2N7O9. The van der Waals surface area contributed by atoms with Gasteiger partial charge in [-0.25, -0.2) is 28.8 Å². The van der Waals surface area contributed by atoms with Crippen molar-refractivity contribution in [2.45, 2.75) is 31.4 Å². The molecule has 0 unspecified atom stereocenters. The second kappa shape index (κ2) is 13.8. The Morgan fingerprint density at radius 1 is 0.981 bits per heavy atom. The molecule has 0 bridgehead atoms. The van der Waals surface area contributed by atoms with E-state index >= 15 is 4.39 Å². The number of fused-ring (bicyclic) bond motifs is 2. The van der Waals surface area contributed by atoms with Crippen molar-refractivity contribution in [3.63, 3.8) is 0 Å². The van der Waals surface area contributed by atoms with E-state index in [9.17, 15) is 38.9 Å². The van der Waals surface area contributed by atoms with Crippen LogP contribution in [0.3, 0.4) is 0 Å². The van der Waals surface area contributed by atoms with Gasteiger partial charge in [0, 0.05) is 11.6 Å². The van der Waals surface area contributed by atoms with Crippen LogP contribution in [-0.2, 0) is 14.4 Å². The molecule has 0 radical (unpaired) electrons. The molecule has 0 saturated heterocycles. The molecule has 53 heavy (non-hydrogen) atoms. The van der Waals surface area contributed by atoms with E-state index in [0.29, 0.717) is 5.69 Å². The van der Waals surface area contributed by atoms with E-state index in [4.69, 9.17) is 31.8 Å². The van der Waals surface area contributed by atoms with Crippen molar-refractivity contribution in [2.75, 3.05) is 12.8 Å². The highest BCUT2D eigenvalue weighted by atomic mass is 35.5. The van der Waals surface area contributed by atoms with Gasteiger partial charge in [-0.2, -0.15) is 9.49 Å². The fourth-order valence-electron chi connectivity index (χ4n) is 5.90. The molecule has 0 fully saturated rings. The SMILES string of the molecule is COc1ccc(-c2nn([C@@H](C)c3nc4cc(OC(CC(=O)O)(CC(=O)O)C(=O)O)cc(Cl)c4c(=O)n3-c3ccccc3)c3ncnc(N)c23)c(F)c1F. The van der Waals surface area contributed by atoms with Gasteiger partial charge in [-0.3, -0.25) is 19.0 Å².